The van der Waals surface area contributed by atoms with Crippen LogP contribution in [-0.4, -0.2) is 96.8 Å². The number of likely N-dealkylation sites (tertiary alicyclic amines) is 1. The summed E-state index contributed by atoms with van der Waals surface area (Å²) in [6, 6.07) is 17.5. The van der Waals surface area contributed by atoms with E-state index in [0.29, 0.717) is 30.4 Å². The van der Waals surface area contributed by atoms with Gasteiger partial charge in [-0.3, -0.25) is 29.4 Å². The van der Waals surface area contributed by atoms with Crippen LogP contribution in [0, 0.1) is 19.8 Å². The molecule has 1 unspecified atom stereocenters. The fourth-order valence-electron chi connectivity index (χ4n) is 9.00. The van der Waals surface area contributed by atoms with Gasteiger partial charge in [0.15, 0.2) is 11.5 Å². The van der Waals surface area contributed by atoms with Gasteiger partial charge in [0.1, 0.15) is 6.04 Å². The first-order chi connectivity index (χ1) is 28.6. The summed E-state index contributed by atoms with van der Waals surface area (Å²) in [6.45, 7) is 8.98. The molecule has 2 fully saturated rings. The van der Waals surface area contributed by atoms with Gasteiger partial charge in [0.25, 0.3) is 5.91 Å². The molecule has 15 heteroatoms. The first kappa shape index (κ1) is 38.2. The average Bonchev–Trinajstić information content (AvgIpc) is 3.72. The molecule has 4 aliphatic heterocycles. The third-order valence-corrected chi connectivity index (χ3v) is 12.3. The van der Waals surface area contributed by atoms with E-state index in [2.05, 4.69) is 81.4 Å². The summed E-state index contributed by atoms with van der Waals surface area (Å²) in [6.07, 6.45) is 5.28. The predicted octanol–water partition coefficient (Wildman–Crippen LogP) is 4.94. The van der Waals surface area contributed by atoms with Crippen LogP contribution in [0.4, 0.5) is 28.8 Å². The van der Waals surface area contributed by atoms with Crippen LogP contribution < -0.4 is 21.3 Å². The van der Waals surface area contributed by atoms with E-state index in [0.717, 1.165) is 103 Å². The summed E-state index contributed by atoms with van der Waals surface area (Å²) >= 11 is 0. The molecule has 0 spiro atoms. The standard InChI is InChI=1S/C44H49N11O4/c1-26-5-4-6-27(2)39(26)49-40-35-21-46-44(50-41(35)52(3)51-40)47-33-8-7-29-15-16-53(24-30(29)19-33)23-28-13-17-54(18-14-28)38(57)22-45-32-9-10-34-31(20-32)25-55(43(34)59)36-11-12-37(56)48-42(36)58/h4-10,19-21,28,36,45H,11-18,22-25H2,1-3H3,(H,49,51)(H,46,47,50)(H,48,56,58). The van der Waals surface area contributed by atoms with Crippen molar-refractivity contribution in [2.45, 2.75) is 65.1 Å². The normalized spacial score (nSPS) is 18.5. The van der Waals surface area contributed by atoms with Crippen LogP contribution in [0.3, 0.4) is 0 Å². The van der Waals surface area contributed by atoms with Crippen molar-refractivity contribution in [1.29, 1.82) is 0 Å². The lowest BCUT2D eigenvalue weighted by Gasteiger charge is -2.36. The van der Waals surface area contributed by atoms with Gasteiger partial charge >= 0.3 is 0 Å². The van der Waals surface area contributed by atoms with E-state index in [1.54, 1.807) is 16.8 Å². The van der Waals surface area contributed by atoms with Crippen LogP contribution in [0.5, 0.6) is 0 Å². The van der Waals surface area contributed by atoms with Crippen molar-refractivity contribution in [2.24, 2.45) is 13.0 Å². The van der Waals surface area contributed by atoms with E-state index in [-0.39, 0.29) is 30.7 Å². The second kappa shape index (κ2) is 15.8. The molecule has 4 aliphatic rings. The van der Waals surface area contributed by atoms with E-state index in [1.165, 1.54) is 16.0 Å². The third-order valence-electron chi connectivity index (χ3n) is 12.3. The Morgan fingerprint density at radius 3 is 2.44 bits per heavy atom. The fourth-order valence-corrected chi connectivity index (χ4v) is 9.00. The van der Waals surface area contributed by atoms with Crippen molar-refractivity contribution in [1.82, 2.24) is 39.8 Å². The Labute approximate surface area is 342 Å². The zero-order chi connectivity index (χ0) is 40.8. The van der Waals surface area contributed by atoms with Crippen LogP contribution in [0.2, 0.25) is 0 Å². The number of nitrogens with one attached hydrogen (secondary N) is 4. The minimum absolute atomic E-state index is 0.0538. The number of anilines is 5. The summed E-state index contributed by atoms with van der Waals surface area (Å²) in [5.74, 6) is 0.871. The number of fused-ring (bicyclic) bond motifs is 3. The Hall–Kier alpha value is -6.35. The highest BCUT2D eigenvalue weighted by molar-refractivity contribution is 6.05. The molecule has 2 saturated heterocycles. The number of carbonyl (C=O) groups excluding carboxylic acids is 4. The molecule has 0 radical (unpaired) electrons. The molecule has 0 saturated carbocycles. The molecule has 15 nitrogen and oxygen atoms in total. The molecular formula is C44H49N11O4. The van der Waals surface area contributed by atoms with Crippen LogP contribution >= 0.6 is 0 Å². The molecule has 0 aliphatic carbocycles. The highest BCUT2D eigenvalue weighted by Crippen LogP contribution is 2.32. The number of hydrogen-bond acceptors (Lipinski definition) is 11. The number of aryl methyl sites for hydroxylation is 3. The van der Waals surface area contributed by atoms with Gasteiger partial charge in [-0.15, -0.1) is 0 Å². The van der Waals surface area contributed by atoms with E-state index in [9.17, 15) is 19.2 Å². The van der Waals surface area contributed by atoms with Crippen LogP contribution in [-0.2, 0) is 40.9 Å². The third kappa shape index (κ3) is 7.81. The lowest BCUT2D eigenvalue weighted by molar-refractivity contribution is -0.137. The Kier molecular flexibility index (Phi) is 10.2. The number of hydrogen-bond donors (Lipinski definition) is 4. The number of nitrogens with zero attached hydrogens (tertiary/aromatic N) is 7. The number of para-hydroxylation sites is 1. The minimum atomic E-state index is -0.655. The second-order valence-corrected chi connectivity index (χ2v) is 16.3. The predicted molar refractivity (Wildman–Crippen MR) is 224 cm³/mol. The molecular weight excluding hydrogens is 747 g/mol. The number of aromatic nitrogens is 4. The van der Waals surface area contributed by atoms with Gasteiger partial charge in [-0.05, 0) is 104 Å². The first-order valence-electron chi connectivity index (χ1n) is 20.5. The summed E-state index contributed by atoms with van der Waals surface area (Å²) in [5.41, 5.74) is 9.81. The molecule has 5 aromatic rings. The molecule has 9 rings (SSSR count). The van der Waals surface area contributed by atoms with Gasteiger partial charge < -0.3 is 25.8 Å². The summed E-state index contributed by atoms with van der Waals surface area (Å²) in [7, 11) is 1.89. The molecule has 59 heavy (non-hydrogen) atoms. The van der Waals surface area contributed by atoms with Gasteiger partial charge in [-0.25, -0.2) is 9.67 Å². The van der Waals surface area contributed by atoms with Gasteiger partial charge in [-0.2, -0.15) is 10.1 Å². The Morgan fingerprint density at radius 1 is 0.864 bits per heavy atom. The lowest BCUT2D eigenvalue weighted by Crippen LogP contribution is -2.52. The summed E-state index contributed by atoms with van der Waals surface area (Å²) in [5, 5.41) is 18.1. The zero-order valence-electron chi connectivity index (χ0n) is 33.7. The zero-order valence-corrected chi connectivity index (χ0v) is 33.7. The summed E-state index contributed by atoms with van der Waals surface area (Å²) < 4.78 is 1.78. The molecule has 4 amide bonds. The molecule has 6 heterocycles. The summed E-state index contributed by atoms with van der Waals surface area (Å²) in [4.78, 5) is 65.8. The maximum Gasteiger partial charge on any atom is 0.255 e. The maximum atomic E-state index is 13.2. The smallest absolute Gasteiger partial charge is 0.255 e. The van der Waals surface area contributed by atoms with Gasteiger partial charge in [-0.1, -0.05) is 24.3 Å². The van der Waals surface area contributed by atoms with E-state index >= 15 is 0 Å². The van der Waals surface area contributed by atoms with Crippen LogP contribution in [0.15, 0.2) is 60.8 Å². The highest BCUT2D eigenvalue weighted by Gasteiger charge is 2.39. The van der Waals surface area contributed by atoms with E-state index in [1.807, 2.05) is 24.2 Å². The van der Waals surface area contributed by atoms with Gasteiger partial charge in [0, 0.05) is 81.6 Å². The van der Waals surface area contributed by atoms with Gasteiger partial charge in [0.05, 0.1) is 11.9 Å². The van der Waals surface area contributed by atoms with Crippen LogP contribution in [0.25, 0.3) is 11.0 Å². The van der Waals surface area contributed by atoms with Crippen molar-refractivity contribution in [2.75, 3.05) is 48.7 Å². The lowest BCUT2D eigenvalue weighted by atomic mass is 9.93. The average molecular weight is 796 g/mol. The molecule has 0 bridgehead atoms. The van der Waals surface area contributed by atoms with E-state index in [4.69, 9.17) is 10.1 Å². The number of rotatable bonds is 10. The maximum absolute atomic E-state index is 13.2. The van der Waals surface area contributed by atoms with Crippen molar-refractivity contribution < 1.29 is 19.2 Å². The van der Waals surface area contributed by atoms with Crippen molar-refractivity contribution >= 4 is 63.5 Å². The number of carbonyl (C=O) groups is 4. The topological polar surface area (TPSA) is 170 Å². The Bertz CT molecular complexity index is 2470. The van der Waals surface area contributed by atoms with Crippen molar-refractivity contribution in [3.63, 3.8) is 0 Å². The molecule has 304 valence electrons. The number of piperidine rings is 2. The van der Waals surface area contributed by atoms with Crippen LogP contribution in [0.1, 0.15) is 63.9 Å². The molecule has 3 aromatic carbocycles. The molecule has 1 atom stereocenters. The Morgan fingerprint density at radius 2 is 1.64 bits per heavy atom. The Balaban J connectivity index is 0.752. The van der Waals surface area contributed by atoms with Crippen molar-refractivity contribution in [3.8, 4) is 0 Å². The number of benzene rings is 3. The van der Waals surface area contributed by atoms with Crippen molar-refractivity contribution in [3.05, 3.63) is 94.2 Å². The minimum Gasteiger partial charge on any atom is -0.376 e. The largest absolute Gasteiger partial charge is 0.376 e. The molecule has 4 N–H and O–H groups in total. The number of imide groups is 1. The highest BCUT2D eigenvalue weighted by atomic mass is 16.2. The van der Waals surface area contributed by atoms with E-state index < -0.39 is 11.9 Å². The second-order valence-electron chi connectivity index (χ2n) is 16.3. The quantitative estimate of drug-likeness (QED) is 0.141. The first-order valence-corrected chi connectivity index (χ1v) is 20.5. The molecule has 2 aromatic heterocycles. The fraction of sp³-hybridized carbons (Fsp3) is 0.386. The van der Waals surface area contributed by atoms with Gasteiger partial charge in [0.2, 0.25) is 23.7 Å². The number of amides is 4. The SMILES string of the molecule is Cc1cccc(C)c1Nc1nn(C)c2nc(Nc3ccc4c(c3)CN(CC3CCN(C(=O)CNc5ccc6c(c5)CN(C5CCC(=O)NC5=O)C6=O)CC3)CC4)ncc12. The monoisotopic (exact) mass is 795 g/mol.